The highest BCUT2D eigenvalue weighted by Gasteiger charge is 2.15. The van der Waals surface area contributed by atoms with E-state index >= 15 is 0 Å². The quantitative estimate of drug-likeness (QED) is 0.779. The van der Waals surface area contributed by atoms with E-state index < -0.39 is 0 Å². The molecule has 3 heterocycles. The van der Waals surface area contributed by atoms with E-state index in [1.165, 1.54) is 10.4 Å². The summed E-state index contributed by atoms with van der Waals surface area (Å²) in [6.45, 7) is 1.72. The number of fused-ring (bicyclic) bond motifs is 1. The highest BCUT2D eigenvalue weighted by molar-refractivity contribution is 7.13. The Kier molecular flexibility index (Phi) is 3.51. The van der Waals surface area contributed by atoms with Crippen molar-refractivity contribution in [3.05, 3.63) is 47.7 Å². The van der Waals surface area contributed by atoms with Crippen LogP contribution in [-0.2, 0) is 0 Å². The standard InChI is InChI=1S/C15H12N2OS.ClH/c1-2-13(19-7-1)10-3-4-12-11(8-10)9-18-14(12)15-16-5-6-17-15;/h1-4,7-9H,5-6H2,(H,16,17);1H. The molecule has 102 valence electrons. The molecule has 1 aromatic carbocycles. The number of rotatable bonds is 2. The van der Waals surface area contributed by atoms with Gasteiger partial charge in [0.2, 0.25) is 0 Å². The number of amidine groups is 1. The summed E-state index contributed by atoms with van der Waals surface area (Å²) < 4.78 is 5.68. The lowest BCUT2D eigenvalue weighted by Gasteiger charge is -2.00. The predicted molar refractivity (Wildman–Crippen MR) is 86.2 cm³/mol. The van der Waals surface area contributed by atoms with Crippen LogP contribution in [0.1, 0.15) is 5.76 Å². The molecule has 3 nitrogen and oxygen atoms in total. The lowest BCUT2D eigenvalue weighted by molar-refractivity contribution is 0.560. The van der Waals surface area contributed by atoms with E-state index in [1.807, 2.05) is 6.26 Å². The number of nitrogens with zero attached hydrogens (tertiary/aromatic N) is 1. The summed E-state index contributed by atoms with van der Waals surface area (Å²) >= 11 is 1.75. The SMILES string of the molecule is Cl.c1csc(-c2ccc3c(C4=NCCN4)occ3c2)c1. The Morgan fingerprint density at radius 2 is 2.20 bits per heavy atom. The maximum atomic E-state index is 5.68. The summed E-state index contributed by atoms with van der Waals surface area (Å²) in [4.78, 5) is 5.69. The molecule has 0 atom stereocenters. The minimum absolute atomic E-state index is 0. The molecule has 0 aliphatic carbocycles. The monoisotopic (exact) mass is 304 g/mol. The molecule has 0 bridgehead atoms. The van der Waals surface area contributed by atoms with Crippen LogP contribution in [0.2, 0.25) is 0 Å². The Morgan fingerprint density at radius 3 is 2.95 bits per heavy atom. The minimum atomic E-state index is 0. The minimum Gasteiger partial charge on any atom is -0.460 e. The highest BCUT2D eigenvalue weighted by atomic mass is 35.5. The van der Waals surface area contributed by atoms with Crippen molar-refractivity contribution in [3.8, 4) is 10.4 Å². The molecule has 0 amide bonds. The van der Waals surface area contributed by atoms with E-state index in [1.54, 1.807) is 11.3 Å². The second-order valence-corrected chi connectivity index (χ2v) is 5.45. The number of thiophene rings is 1. The largest absolute Gasteiger partial charge is 0.460 e. The summed E-state index contributed by atoms with van der Waals surface area (Å²) in [5, 5.41) is 7.59. The van der Waals surface area contributed by atoms with Crippen molar-refractivity contribution in [2.45, 2.75) is 0 Å². The fourth-order valence-electron chi connectivity index (χ4n) is 2.38. The van der Waals surface area contributed by atoms with Gasteiger partial charge >= 0.3 is 0 Å². The van der Waals surface area contributed by atoms with Crippen LogP contribution in [0.3, 0.4) is 0 Å². The zero-order valence-electron chi connectivity index (χ0n) is 10.6. The van der Waals surface area contributed by atoms with Crippen LogP contribution in [0.25, 0.3) is 21.2 Å². The second-order valence-electron chi connectivity index (χ2n) is 4.50. The first-order chi connectivity index (χ1) is 9.42. The summed E-state index contributed by atoms with van der Waals surface area (Å²) in [7, 11) is 0. The molecule has 3 aromatic rings. The molecule has 0 saturated heterocycles. The third-order valence-corrected chi connectivity index (χ3v) is 4.21. The third-order valence-electron chi connectivity index (χ3n) is 3.29. The molecule has 2 aromatic heterocycles. The summed E-state index contributed by atoms with van der Waals surface area (Å²) in [6.07, 6.45) is 1.81. The van der Waals surface area contributed by atoms with Gasteiger partial charge < -0.3 is 9.73 Å². The molecule has 4 rings (SSSR count). The van der Waals surface area contributed by atoms with Gasteiger partial charge in [0.15, 0.2) is 11.6 Å². The van der Waals surface area contributed by atoms with Crippen LogP contribution in [0, 0.1) is 0 Å². The van der Waals surface area contributed by atoms with Crippen molar-refractivity contribution >= 4 is 40.4 Å². The Labute approximate surface area is 126 Å². The average Bonchev–Trinajstić information content (AvgIpc) is 3.18. The van der Waals surface area contributed by atoms with Gasteiger partial charge in [-0.25, -0.2) is 0 Å². The summed E-state index contributed by atoms with van der Waals surface area (Å²) in [5.74, 6) is 1.73. The second kappa shape index (κ2) is 5.31. The number of halogens is 1. The Bertz CT molecular complexity index is 761. The van der Waals surface area contributed by atoms with Gasteiger partial charge in [0.25, 0.3) is 0 Å². The Morgan fingerprint density at radius 1 is 1.25 bits per heavy atom. The normalized spacial score (nSPS) is 13.9. The smallest absolute Gasteiger partial charge is 0.176 e. The molecule has 1 aliphatic heterocycles. The van der Waals surface area contributed by atoms with Gasteiger partial charge in [-0.1, -0.05) is 12.1 Å². The van der Waals surface area contributed by atoms with Crippen LogP contribution < -0.4 is 5.32 Å². The summed E-state index contributed by atoms with van der Waals surface area (Å²) in [5.41, 5.74) is 1.23. The van der Waals surface area contributed by atoms with Crippen LogP contribution in [-0.4, -0.2) is 18.9 Å². The Balaban J connectivity index is 0.00000121. The number of furan rings is 1. The van der Waals surface area contributed by atoms with E-state index in [-0.39, 0.29) is 12.4 Å². The van der Waals surface area contributed by atoms with Crippen molar-refractivity contribution in [2.75, 3.05) is 13.1 Å². The first-order valence-electron chi connectivity index (χ1n) is 6.26. The van der Waals surface area contributed by atoms with Crippen LogP contribution in [0.5, 0.6) is 0 Å². The molecule has 1 N–H and O–H groups in total. The molecule has 20 heavy (non-hydrogen) atoms. The maximum Gasteiger partial charge on any atom is 0.176 e. The number of nitrogens with one attached hydrogen (secondary N) is 1. The molecule has 0 spiro atoms. The van der Waals surface area contributed by atoms with Gasteiger partial charge in [-0.15, -0.1) is 23.7 Å². The van der Waals surface area contributed by atoms with E-state index in [0.29, 0.717) is 0 Å². The van der Waals surface area contributed by atoms with Crippen LogP contribution in [0.4, 0.5) is 0 Å². The number of aliphatic imine (C=N–C) groups is 1. The zero-order chi connectivity index (χ0) is 12.7. The third kappa shape index (κ3) is 2.11. The fraction of sp³-hybridized carbons (Fsp3) is 0.133. The van der Waals surface area contributed by atoms with Gasteiger partial charge in [-0.3, -0.25) is 4.99 Å². The van der Waals surface area contributed by atoms with E-state index in [0.717, 1.165) is 35.5 Å². The lowest BCUT2D eigenvalue weighted by atomic mass is 10.1. The summed E-state index contributed by atoms with van der Waals surface area (Å²) in [6, 6.07) is 10.6. The molecular weight excluding hydrogens is 292 g/mol. The van der Waals surface area contributed by atoms with Crippen LogP contribution in [0.15, 0.2) is 51.4 Å². The predicted octanol–water partition coefficient (Wildman–Crippen LogP) is 3.93. The average molecular weight is 305 g/mol. The first kappa shape index (κ1) is 13.2. The molecular formula is C15H13ClN2OS. The highest BCUT2D eigenvalue weighted by Crippen LogP contribution is 2.30. The van der Waals surface area contributed by atoms with Gasteiger partial charge in [-0.2, -0.15) is 0 Å². The molecule has 0 fully saturated rings. The van der Waals surface area contributed by atoms with Gasteiger partial charge in [0.05, 0.1) is 12.8 Å². The van der Waals surface area contributed by atoms with E-state index in [2.05, 4.69) is 46.0 Å². The fourth-order valence-corrected chi connectivity index (χ4v) is 3.11. The van der Waals surface area contributed by atoms with Gasteiger partial charge in [-0.05, 0) is 29.1 Å². The van der Waals surface area contributed by atoms with E-state index in [4.69, 9.17) is 4.42 Å². The van der Waals surface area contributed by atoms with Crippen LogP contribution >= 0.6 is 23.7 Å². The molecule has 1 aliphatic rings. The zero-order valence-corrected chi connectivity index (χ0v) is 12.3. The molecule has 0 radical (unpaired) electrons. The van der Waals surface area contributed by atoms with Crippen molar-refractivity contribution in [1.82, 2.24) is 5.32 Å². The first-order valence-corrected chi connectivity index (χ1v) is 7.13. The number of hydrogen-bond donors (Lipinski definition) is 1. The van der Waals surface area contributed by atoms with Crippen molar-refractivity contribution in [1.29, 1.82) is 0 Å². The maximum absolute atomic E-state index is 5.68. The Hall–Kier alpha value is -1.78. The lowest BCUT2D eigenvalue weighted by Crippen LogP contribution is -2.18. The number of benzene rings is 1. The topological polar surface area (TPSA) is 37.5 Å². The van der Waals surface area contributed by atoms with E-state index in [9.17, 15) is 0 Å². The van der Waals surface area contributed by atoms with Crippen molar-refractivity contribution in [2.24, 2.45) is 4.99 Å². The molecule has 5 heteroatoms. The van der Waals surface area contributed by atoms with Gasteiger partial charge in [0, 0.05) is 22.2 Å². The molecule has 0 saturated carbocycles. The van der Waals surface area contributed by atoms with Crippen molar-refractivity contribution in [3.63, 3.8) is 0 Å². The van der Waals surface area contributed by atoms with Crippen molar-refractivity contribution < 1.29 is 4.42 Å². The molecule has 0 unspecified atom stereocenters. The van der Waals surface area contributed by atoms with Gasteiger partial charge in [0.1, 0.15) is 0 Å². The number of hydrogen-bond acceptors (Lipinski definition) is 4.